The molecule has 0 aliphatic carbocycles. The zero-order valence-electron chi connectivity index (χ0n) is 11.8. The predicted octanol–water partition coefficient (Wildman–Crippen LogP) is 2.32. The average Bonchev–Trinajstić information content (AvgIpc) is 2.53. The first-order valence-electron chi connectivity index (χ1n) is 6.71. The lowest BCUT2D eigenvalue weighted by molar-refractivity contribution is 0.160. The van der Waals surface area contributed by atoms with E-state index in [0.29, 0.717) is 5.69 Å². The van der Waals surface area contributed by atoms with Gasteiger partial charge >= 0.3 is 5.69 Å². The van der Waals surface area contributed by atoms with E-state index in [-0.39, 0.29) is 16.4 Å². The van der Waals surface area contributed by atoms with Crippen LogP contribution in [0.25, 0.3) is 11.1 Å². The number of anilines is 2. The van der Waals surface area contributed by atoms with Gasteiger partial charge in [-0.25, -0.2) is 9.18 Å². The van der Waals surface area contributed by atoms with Crippen LogP contribution in [0.4, 0.5) is 15.9 Å². The molecule has 0 saturated heterocycles. The highest BCUT2D eigenvalue weighted by Gasteiger charge is 2.04. The van der Waals surface area contributed by atoms with E-state index in [4.69, 9.17) is 5.21 Å². The largest absolute Gasteiger partial charge is 0.421 e. The fourth-order valence-corrected chi connectivity index (χ4v) is 2.13. The molecule has 0 spiro atoms. The highest BCUT2D eigenvalue weighted by molar-refractivity contribution is 5.69. The molecule has 0 saturated carbocycles. The molecule has 2 aromatic carbocycles. The summed E-state index contributed by atoms with van der Waals surface area (Å²) in [6.45, 7) is 0. The molecule has 3 aromatic rings. The lowest BCUT2D eigenvalue weighted by atomic mass is 10.1. The topological polar surface area (TPSA) is 87.1 Å². The summed E-state index contributed by atoms with van der Waals surface area (Å²) in [5.74, 6) is -0.160. The molecule has 0 radical (unpaired) electrons. The standard InChI is InChI=1S/C16H12FN3O3/c17-12-6-4-10(5-7-12)11-2-1-3-13(8-11)18-14-9-15(21)20(23)16(22)19-14/h1-9,18,23H,(H,19,22). The van der Waals surface area contributed by atoms with E-state index in [1.165, 1.54) is 12.1 Å². The molecule has 3 N–H and O–H groups in total. The smallest absolute Gasteiger partial charge is 0.363 e. The number of nitrogens with one attached hydrogen (secondary N) is 2. The second kappa shape index (κ2) is 5.80. The van der Waals surface area contributed by atoms with Crippen LogP contribution in [-0.4, -0.2) is 14.9 Å². The Hall–Kier alpha value is -3.35. The van der Waals surface area contributed by atoms with Crippen molar-refractivity contribution in [2.75, 3.05) is 5.32 Å². The van der Waals surface area contributed by atoms with E-state index < -0.39 is 11.2 Å². The Labute approximate surface area is 129 Å². The maximum absolute atomic E-state index is 13.0. The number of benzene rings is 2. The molecule has 0 unspecified atom stereocenters. The fraction of sp³-hybridized carbons (Fsp3) is 0. The van der Waals surface area contributed by atoms with Gasteiger partial charge in [0.25, 0.3) is 5.56 Å². The van der Waals surface area contributed by atoms with E-state index in [1.54, 1.807) is 30.3 Å². The summed E-state index contributed by atoms with van der Waals surface area (Å²) >= 11 is 0. The average molecular weight is 313 g/mol. The molecule has 116 valence electrons. The van der Waals surface area contributed by atoms with Crippen LogP contribution in [0.1, 0.15) is 0 Å². The van der Waals surface area contributed by atoms with Crippen LogP contribution in [-0.2, 0) is 0 Å². The maximum Gasteiger partial charge on any atom is 0.363 e. The molecule has 0 aliphatic rings. The molecule has 0 atom stereocenters. The number of rotatable bonds is 3. The van der Waals surface area contributed by atoms with Crippen LogP contribution in [0.15, 0.2) is 64.2 Å². The van der Waals surface area contributed by atoms with Crippen LogP contribution in [0.5, 0.6) is 0 Å². The van der Waals surface area contributed by atoms with Crippen molar-refractivity contribution in [2.45, 2.75) is 0 Å². The SMILES string of the molecule is O=c1cc(Nc2cccc(-c3ccc(F)cc3)c2)[nH]c(=O)n1O. The summed E-state index contributed by atoms with van der Waals surface area (Å²) in [5.41, 5.74) is 0.514. The van der Waals surface area contributed by atoms with Gasteiger partial charge in [0.15, 0.2) is 0 Å². The van der Waals surface area contributed by atoms with Crippen molar-refractivity contribution in [1.82, 2.24) is 9.71 Å². The second-order valence-electron chi connectivity index (χ2n) is 4.85. The number of aromatic amines is 1. The molecule has 1 heterocycles. The number of aromatic nitrogens is 2. The molecule has 23 heavy (non-hydrogen) atoms. The third kappa shape index (κ3) is 3.13. The Kier molecular flexibility index (Phi) is 3.68. The summed E-state index contributed by atoms with van der Waals surface area (Å²) in [6.07, 6.45) is 0. The molecule has 0 aliphatic heterocycles. The van der Waals surface area contributed by atoms with Crippen molar-refractivity contribution in [3.63, 3.8) is 0 Å². The van der Waals surface area contributed by atoms with E-state index >= 15 is 0 Å². The zero-order chi connectivity index (χ0) is 16.4. The number of hydrogen-bond donors (Lipinski definition) is 3. The fourth-order valence-electron chi connectivity index (χ4n) is 2.13. The number of hydrogen-bond acceptors (Lipinski definition) is 4. The normalized spacial score (nSPS) is 10.5. The van der Waals surface area contributed by atoms with Crippen LogP contribution >= 0.6 is 0 Å². The molecule has 1 aromatic heterocycles. The van der Waals surface area contributed by atoms with Crippen LogP contribution < -0.4 is 16.6 Å². The predicted molar refractivity (Wildman–Crippen MR) is 83.6 cm³/mol. The minimum absolute atomic E-state index is 0.0138. The third-order valence-electron chi connectivity index (χ3n) is 3.23. The van der Waals surface area contributed by atoms with Gasteiger partial charge in [-0.2, -0.15) is 0 Å². The quantitative estimate of drug-likeness (QED) is 0.648. The molecule has 3 rings (SSSR count). The number of H-pyrrole nitrogens is 1. The summed E-state index contributed by atoms with van der Waals surface area (Å²) in [6, 6.07) is 14.3. The highest BCUT2D eigenvalue weighted by Crippen LogP contribution is 2.24. The van der Waals surface area contributed by atoms with Gasteiger partial charge in [-0.05, 0) is 35.4 Å². The molecule has 0 fully saturated rings. The highest BCUT2D eigenvalue weighted by atomic mass is 19.1. The molecular formula is C16H12FN3O3. The first-order valence-corrected chi connectivity index (χ1v) is 6.71. The van der Waals surface area contributed by atoms with Gasteiger partial charge in [-0.15, -0.1) is 0 Å². The monoisotopic (exact) mass is 313 g/mol. The van der Waals surface area contributed by atoms with Gasteiger partial charge in [0, 0.05) is 11.8 Å². The van der Waals surface area contributed by atoms with Crippen molar-refractivity contribution in [1.29, 1.82) is 0 Å². The summed E-state index contributed by atoms with van der Waals surface area (Å²) < 4.78 is 13.0. The number of halogens is 1. The number of nitrogens with zero attached hydrogens (tertiary/aromatic N) is 1. The van der Waals surface area contributed by atoms with Gasteiger partial charge in [-0.3, -0.25) is 9.78 Å². The van der Waals surface area contributed by atoms with Crippen molar-refractivity contribution >= 4 is 11.5 Å². The Morgan fingerprint density at radius 2 is 1.74 bits per heavy atom. The Morgan fingerprint density at radius 3 is 2.43 bits per heavy atom. The van der Waals surface area contributed by atoms with E-state index in [2.05, 4.69) is 10.3 Å². The molecular weight excluding hydrogens is 301 g/mol. The van der Waals surface area contributed by atoms with Crippen LogP contribution in [0, 0.1) is 5.82 Å². The van der Waals surface area contributed by atoms with E-state index in [1.807, 2.05) is 6.07 Å². The summed E-state index contributed by atoms with van der Waals surface area (Å²) in [7, 11) is 0. The zero-order valence-corrected chi connectivity index (χ0v) is 11.8. The van der Waals surface area contributed by atoms with Gasteiger partial charge in [0.05, 0.1) is 0 Å². The Bertz CT molecular complexity index is 930. The van der Waals surface area contributed by atoms with Crippen molar-refractivity contribution in [3.05, 3.63) is 81.3 Å². The van der Waals surface area contributed by atoms with Crippen molar-refractivity contribution < 1.29 is 9.60 Å². The van der Waals surface area contributed by atoms with Crippen LogP contribution in [0.3, 0.4) is 0 Å². The lowest BCUT2D eigenvalue weighted by Crippen LogP contribution is -2.33. The molecule has 6 nitrogen and oxygen atoms in total. The Morgan fingerprint density at radius 1 is 1.00 bits per heavy atom. The Balaban J connectivity index is 1.93. The molecule has 0 amide bonds. The third-order valence-corrected chi connectivity index (χ3v) is 3.23. The lowest BCUT2D eigenvalue weighted by Gasteiger charge is -2.08. The first-order chi connectivity index (χ1) is 11.0. The minimum atomic E-state index is -0.935. The summed E-state index contributed by atoms with van der Waals surface area (Å²) in [5, 5.41) is 12.0. The summed E-state index contributed by atoms with van der Waals surface area (Å²) in [4.78, 5) is 25.1. The second-order valence-corrected chi connectivity index (χ2v) is 4.85. The van der Waals surface area contributed by atoms with Gasteiger partial charge < -0.3 is 10.5 Å². The minimum Gasteiger partial charge on any atom is -0.421 e. The molecule has 7 heteroatoms. The maximum atomic E-state index is 13.0. The van der Waals surface area contributed by atoms with E-state index in [9.17, 15) is 14.0 Å². The van der Waals surface area contributed by atoms with Crippen LogP contribution in [0.2, 0.25) is 0 Å². The van der Waals surface area contributed by atoms with Gasteiger partial charge in [0.2, 0.25) is 0 Å². The molecule has 0 bridgehead atoms. The van der Waals surface area contributed by atoms with Gasteiger partial charge in [0.1, 0.15) is 11.6 Å². The van der Waals surface area contributed by atoms with Gasteiger partial charge in [-0.1, -0.05) is 29.0 Å². The van der Waals surface area contributed by atoms with Crippen molar-refractivity contribution in [2.24, 2.45) is 0 Å². The van der Waals surface area contributed by atoms with E-state index in [0.717, 1.165) is 17.2 Å². The van der Waals surface area contributed by atoms with Crippen molar-refractivity contribution in [3.8, 4) is 11.1 Å². The first kappa shape index (κ1) is 14.6.